The number of hydrogen-bond acceptors (Lipinski definition) is 4. The van der Waals surface area contributed by atoms with Crippen LogP contribution >= 0.6 is 27.3 Å². The van der Waals surface area contributed by atoms with Gasteiger partial charge < -0.3 is 15.2 Å². The average Bonchev–Trinajstić information content (AvgIpc) is 2.73. The van der Waals surface area contributed by atoms with Gasteiger partial charge >= 0.3 is 0 Å². The summed E-state index contributed by atoms with van der Waals surface area (Å²) in [6.07, 6.45) is 0. The minimum Gasteiger partial charge on any atom is -0.493 e. The zero-order valence-corrected chi connectivity index (χ0v) is 11.7. The SMILES string of the molecule is COc1cc(N)ccc1OCc1sccc1Br. The van der Waals surface area contributed by atoms with E-state index >= 15 is 0 Å². The molecule has 17 heavy (non-hydrogen) atoms. The van der Waals surface area contributed by atoms with E-state index in [9.17, 15) is 0 Å². The summed E-state index contributed by atoms with van der Waals surface area (Å²) >= 11 is 5.11. The fourth-order valence-electron chi connectivity index (χ4n) is 1.37. The van der Waals surface area contributed by atoms with Crippen molar-refractivity contribution in [3.05, 3.63) is 39.0 Å². The lowest BCUT2D eigenvalue weighted by Gasteiger charge is -2.10. The van der Waals surface area contributed by atoms with Crippen molar-refractivity contribution in [2.45, 2.75) is 6.61 Å². The van der Waals surface area contributed by atoms with Crippen molar-refractivity contribution in [2.75, 3.05) is 12.8 Å². The van der Waals surface area contributed by atoms with E-state index in [2.05, 4.69) is 15.9 Å². The maximum Gasteiger partial charge on any atom is 0.162 e. The van der Waals surface area contributed by atoms with Crippen molar-refractivity contribution in [1.29, 1.82) is 0 Å². The van der Waals surface area contributed by atoms with E-state index in [1.807, 2.05) is 17.5 Å². The Hall–Kier alpha value is -1.20. The Bertz CT molecular complexity index is 513. The van der Waals surface area contributed by atoms with Crippen LogP contribution in [0.15, 0.2) is 34.1 Å². The normalized spacial score (nSPS) is 10.2. The predicted molar refractivity (Wildman–Crippen MR) is 73.8 cm³/mol. The molecule has 0 unspecified atom stereocenters. The van der Waals surface area contributed by atoms with E-state index in [1.165, 1.54) is 0 Å². The summed E-state index contributed by atoms with van der Waals surface area (Å²) in [5.74, 6) is 1.35. The number of anilines is 1. The number of nitrogens with two attached hydrogens (primary N) is 1. The fraction of sp³-hybridized carbons (Fsp3) is 0.167. The first-order valence-corrected chi connectivity index (χ1v) is 6.66. The Balaban J connectivity index is 2.11. The summed E-state index contributed by atoms with van der Waals surface area (Å²) in [6, 6.07) is 7.36. The third kappa shape index (κ3) is 2.92. The topological polar surface area (TPSA) is 44.5 Å². The van der Waals surface area contributed by atoms with Gasteiger partial charge in [0.05, 0.1) is 12.0 Å². The number of halogens is 1. The molecule has 0 fully saturated rings. The molecule has 0 atom stereocenters. The van der Waals surface area contributed by atoms with Crippen LogP contribution < -0.4 is 15.2 Å². The van der Waals surface area contributed by atoms with E-state index < -0.39 is 0 Å². The molecular weight excluding hydrogens is 302 g/mol. The zero-order valence-electron chi connectivity index (χ0n) is 9.27. The molecule has 1 aromatic carbocycles. The molecule has 1 heterocycles. The third-order valence-corrected chi connectivity index (χ3v) is 4.14. The first kappa shape index (κ1) is 12.3. The highest BCUT2D eigenvalue weighted by molar-refractivity contribution is 9.10. The summed E-state index contributed by atoms with van der Waals surface area (Å²) in [4.78, 5) is 1.14. The van der Waals surface area contributed by atoms with Gasteiger partial charge in [-0.1, -0.05) is 0 Å². The molecule has 0 radical (unpaired) electrons. The minimum atomic E-state index is 0.512. The highest BCUT2D eigenvalue weighted by Gasteiger charge is 2.07. The van der Waals surface area contributed by atoms with E-state index in [0.29, 0.717) is 23.8 Å². The lowest BCUT2D eigenvalue weighted by Crippen LogP contribution is -1.97. The lowest BCUT2D eigenvalue weighted by atomic mass is 10.3. The predicted octanol–water partition coefficient (Wildman–Crippen LogP) is 3.68. The smallest absolute Gasteiger partial charge is 0.162 e. The highest BCUT2D eigenvalue weighted by atomic mass is 79.9. The van der Waals surface area contributed by atoms with E-state index in [-0.39, 0.29) is 0 Å². The maximum absolute atomic E-state index is 5.71. The summed E-state index contributed by atoms with van der Waals surface area (Å²) < 4.78 is 12.0. The van der Waals surface area contributed by atoms with Crippen molar-refractivity contribution in [3.63, 3.8) is 0 Å². The molecule has 0 saturated carbocycles. The van der Waals surface area contributed by atoms with E-state index in [1.54, 1.807) is 30.6 Å². The molecule has 0 saturated heterocycles. The maximum atomic E-state index is 5.71. The molecule has 1 aromatic heterocycles. The van der Waals surface area contributed by atoms with Crippen LogP contribution in [0.4, 0.5) is 5.69 Å². The van der Waals surface area contributed by atoms with E-state index in [0.717, 1.165) is 9.35 Å². The monoisotopic (exact) mass is 313 g/mol. The molecule has 0 aliphatic heterocycles. The molecule has 90 valence electrons. The highest BCUT2D eigenvalue weighted by Crippen LogP contribution is 2.31. The number of ether oxygens (including phenoxy) is 2. The van der Waals surface area contributed by atoms with Crippen molar-refractivity contribution < 1.29 is 9.47 Å². The Morgan fingerprint density at radius 2 is 2.12 bits per heavy atom. The first-order chi connectivity index (χ1) is 8.20. The van der Waals surface area contributed by atoms with Crippen LogP contribution in [0.2, 0.25) is 0 Å². The molecule has 2 N–H and O–H groups in total. The molecule has 0 amide bonds. The molecule has 0 spiro atoms. The largest absolute Gasteiger partial charge is 0.493 e. The summed E-state index contributed by atoms with van der Waals surface area (Å²) in [5, 5.41) is 2.02. The number of hydrogen-bond donors (Lipinski definition) is 1. The summed E-state index contributed by atoms with van der Waals surface area (Å²) in [5.41, 5.74) is 6.34. The average molecular weight is 314 g/mol. The van der Waals surface area contributed by atoms with Crippen molar-refractivity contribution in [3.8, 4) is 11.5 Å². The van der Waals surface area contributed by atoms with Gasteiger partial charge in [0.15, 0.2) is 11.5 Å². The minimum absolute atomic E-state index is 0.512. The van der Waals surface area contributed by atoms with Gasteiger partial charge in [0, 0.05) is 16.2 Å². The van der Waals surface area contributed by atoms with Crippen LogP contribution in [0, 0.1) is 0 Å². The Morgan fingerprint density at radius 1 is 1.29 bits per heavy atom. The second kappa shape index (κ2) is 5.42. The number of methoxy groups -OCH3 is 1. The van der Waals surface area contributed by atoms with Crippen LogP contribution in [-0.2, 0) is 6.61 Å². The van der Waals surface area contributed by atoms with Crippen LogP contribution in [0.3, 0.4) is 0 Å². The quantitative estimate of drug-likeness (QED) is 0.876. The van der Waals surface area contributed by atoms with Gasteiger partial charge in [-0.05, 0) is 39.5 Å². The molecule has 0 bridgehead atoms. The third-order valence-electron chi connectivity index (χ3n) is 2.24. The second-order valence-electron chi connectivity index (χ2n) is 3.39. The molecule has 3 nitrogen and oxygen atoms in total. The molecule has 0 aliphatic carbocycles. The number of benzene rings is 1. The summed E-state index contributed by atoms with van der Waals surface area (Å²) in [6.45, 7) is 0.512. The first-order valence-electron chi connectivity index (χ1n) is 4.99. The molecule has 0 aliphatic rings. The molecule has 2 aromatic rings. The van der Waals surface area contributed by atoms with Gasteiger partial charge in [-0.25, -0.2) is 0 Å². The van der Waals surface area contributed by atoms with Gasteiger partial charge in [0.2, 0.25) is 0 Å². The van der Waals surface area contributed by atoms with Crippen LogP contribution in [-0.4, -0.2) is 7.11 Å². The standard InChI is InChI=1S/C12H12BrNO2S/c1-15-11-6-8(14)2-3-10(11)16-7-12-9(13)4-5-17-12/h2-6H,7,14H2,1H3. The van der Waals surface area contributed by atoms with Crippen molar-refractivity contribution >= 4 is 33.0 Å². The van der Waals surface area contributed by atoms with Crippen LogP contribution in [0.1, 0.15) is 4.88 Å². The van der Waals surface area contributed by atoms with Gasteiger partial charge in [-0.3, -0.25) is 0 Å². The van der Waals surface area contributed by atoms with Crippen LogP contribution in [0.5, 0.6) is 11.5 Å². The summed E-state index contributed by atoms with van der Waals surface area (Å²) in [7, 11) is 1.60. The van der Waals surface area contributed by atoms with Crippen molar-refractivity contribution in [2.24, 2.45) is 0 Å². The van der Waals surface area contributed by atoms with Gasteiger partial charge in [0.25, 0.3) is 0 Å². The number of thiophene rings is 1. The molecule has 2 rings (SSSR count). The number of rotatable bonds is 4. The lowest BCUT2D eigenvalue weighted by molar-refractivity contribution is 0.287. The van der Waals surface area contributed by atoms with Gasteiger partial charge in [0.1, 0.15) is 6.61 Å². The van der Waals surface area contributed by atoms with Gasteiger partial charge in [-0.15, -0.1) is 11.3 Å². The Kier molecular flexibility index (Phi) is 3.91. The Morgan fingerprint density at radius 3 is 2.76 bits per heavy atom. The van der Waals surface area contributed by atoms with Crippen molar-refractivity contribution in [1.82, 2.24) is 0 Å². The zero-order chi connectivity index (χ0) is 12.3. The van der Waals surface area contributed by atoms with Crippen LogP contribution in [0.25, 0.3) is 0 Å². The fourth-order valence-corrected chi connectivity index (χ4v) is 2.75. The van der Waals surface area contributed by atoms with E-state index in [4.69, 9.17) is 15.2 Å². The van der Waals surface area contributed by atoms with Gasteiger partial charge in [-0.2, -0.15) is 0 Å². The second-order valence-corrected chi connectivity index (χ2v) is 5.25. The molecule has 5 heteroatoms. The number of nitrogen functional groups attached to an aromatic ring is 1. The molecular formula is C12H12BrNO2S. The Labute approximate surface area is 112 Å².